The molecular weight excluding hydrogens is 232 g/mol. The van der Waals surface area contributed by atoms with Gasteiger partial charge < -0.3 is 4.74 Å². The van der Waals surface area contributed by atoms with Gasteiger partial charge in [-0.3, -0.25) is 0 Å². The van der Waals surface area contributed by atoms with E-state index in [0.717, 1.165) is 12.2 Å². The molecule has 0 aromatic heterocycles. The Bertz CT molecular complexity index is 583. The second-order valence-electron chi connectivity index (χ2n) is 4.09. The largest absolute Gasteiger partial charge is 0.497 e. The molecule has 0 amide bonds. The van der Waals surface area contributed by atoms with Crippen molar-refractivity contribution in [2.24, 2.45) is 0 Å². The molecule has 0 heterocycles. The molecule has 0 N–H and O–H groups in total. The van der Waals surface area contributed by atoms with E-state index < -0.39 is 0 Å². The molecule has 94 valence electrons. The van der Waals surface area contributed by atoms with E-state index in [1.165, 1.54) is 11.1 Å². The molecule has 0 fully saturated rings. The van der Waals surface area contributed by atoms with Gasteiger partial charge >= 0.3 is 0 Å². The number of rotatable bonds is 3. The first-order valence-electron chi connectivity index (χ1n) is 6.21. The molecule has 1 nitrogen and oxygen atoms in total. The highest BCUT2D eigenvalue weighted by Crippen LogP contribution is 2.11. The normalized spacial score (nSPS) is 9.95. The summed E-state index contributed by atoms with van der Waals surface area (Å²) in [6, 6.07) is 18.1. The molecule has 1 heteroatoms. The van der Waals surface area contributed by atoms with E-state index in [-0.39, 0.29) is 0 Å². The summed E-state index contributed by atoms with van der Waals surface area (Å²) < 4.78 is 5.11. The number of hydrogen-bond acceptors (Lipinski definition) is 1. The van der Waals surface area contributed by atoms with Gasteiger partial charge in [0.25, 0.3) is 0 Å². The third kappa shape index (κ3) is 4.37. The summed E-state index contributed by atoms with van der Waals surface area (Å²) in [6.07, 6.45) is 4.66. The molecule has 2 rings (SSSR count). The van der Waals surface area contributed by atoms with E-state index in [1.54, 1.807) is 7.11 Å². The Morgan fingerprint density at radius 1 is 1.00 bits per heavy atom. The van der Waals surface area contributed by atoms with Gasteiger partial charge in [0.1, 0.15) is 5.75 Å². The van der Waals surface area contributed by atoms with Crippen LogP contribution in [0.4, 0.5) is 0 Å². The van der Waals surface area contributed by atoms with E-state index in [1.807, 2.05) is 54.6 Å². The molecule has 0 spiro atoms. The van der Waals surface area contributed by atoms with Crippen LogP contribution >= 0.6 is 0 Å². The molecule has 0 radical (unpaired) electrons. The maximum atomic E-state index is 5.11. The van der Waals surface area contributed by atoms with E-state index in [9.17, 15) is 0 Å². The van der Waals surface area contributed by atoms with Crippen molar-refractivity contribution >= 4 is 6.08 Å². The highest BCUT2D eigenvalue weighted by atomic mass is 16.5. The predicted octanol–water partition coefficient (Wildman–Crippen LogP) is 3.95. The molecule has 0 aliphatic carbocycles. The Morgan fingerprint density at radius 2 is 1.74 bits per heavy atom. The second-order valence-corrected chi connectivity index (χ2v) is 4.09. The Hall–Kier alpha value is -2.46. The minimum Gasteiger partial charge on any atom is -0.497 e. The summed E-state index contributed by atoms with van der Waals surface area (Å²) in [5.74, 6) is 7.06. The van der Waals surface area contributed by atoms with Crippen molar-refractivity contribution in [2.75, 3.05) is 7.11 Å². The summed E-state index contributed by atoms with van der Waals surface area (Å²) in [4.78, 5) is 0. The first kappa shape index (κ1) is 13.0. The van der Waals surface area contributed by atoms with Crippen LogP contribution in [-0.4, -0.2) is 7.11 Å². The molecule has 0 aliphatic heterocycles. The second kappa shape index (κ2) is 7.08. The fraction of sp³-hybridized carbons (Fsp3) is 0.111. The highest BCUT2D eigenvalue weighted by Gasteiger charge is 1.91. The average Bonchev–Trinajstić information content (AvgIpc) is 2.49. The van der Waals surface area contributed by atoms with E-state index in [4.69, 9.17) is 4.74 Å². The average molecular weight is 248 g/mol. The van der Waals surface area contributed by atoms with Crippen molar-refractivity contribution in [2.45, 2.75) is 6.42 Å². The summed E-state index contributed by atoms with van der Waals surface area (Å²) >= 11 is 0. The number of ether oxygens (including phenoxy) is 1. The van der Waals surface area contributed by atoms with Crippen molar-refractivity contribution in [1.29, 1.82) is 0 Å². The lowest BCUT2D eigenvalue weighted by Gasteiger charge is -1.99. The molecular formula is C18H16O. The fourth-order valence-corrected chi connectivity index (χ4v) is 1.66. The van der Waals surface area contributed by atoms with Crippen LogP contribution in [0, 0.1) is 11.8 Å². The van der Waals surface area contributed by atoms with E-state index >= 15 is 0 Å². The van der Waals surface area contributed by atoms with Crippen LogP contribution in [0.15, 0.2) is 60.7 Å². The Kier molecular flexibility index (Phi) is 4.84. The van der Waals surface area contributed by atoms with Crippen molar-refractivity contribution in [3.05, 3.63) is 71.8 Å². The molecule has 0 bridgehead atoms. The van der Waals surface area contributed by atoms with Gasteiger partial charge in [0, 0.05) is 6.42 Å². The third-order valence-electron chi connectivity index (χ3n) is 2.71. The molecule has 0 aliphatic rings. The van der Waals surface area contributed by atoms with Gasteiger partial charge in [0.05, 0.1) is 7.11 Å². The van der Waals surface area contributed by atoms with Crippen molar-refractivity contribution in [1.82, 2.24) is 0 Å². The van der Waals surface area contributed by atoms with Crippen LogP contribution in [0.25, 0.3) is 6.08 Å². The monoisotopic (exact) mass is 248 g/mol. The van der Waals surface area contributed by atoms with Gasteiger partial charge in [-0.05, 0) is 35.4 Å². The first-order valence-corrected chi connectivity index (χ1v) is 6.21. The zero-order valence-corrected chi connectivity index (χ0v) is 11.0. The zero-order chi connectivity index (χ0) is 13.3. The number of benzene rings is 2. The third-order valence-corrected chi connectivity index (χ3v) is 2.71. The Balaban J connectivity index is 1.89. The molecule has 2 aromatic carbocycles. The summed E-state index contributed by atoms with van der Waals surface area (Å²) in [6.45, 7) is 0. The van der Waals surface area contributed by atoms with Gasteiger partial charge in [0.15, 0.2) is 0 Å². The minimum atomic E-state index is 0.753. The van der Waals surface area contributed by atoms with Crippen molar-refractivity contribution in [3.63, 3.8) is 0 Å². The lowest BCUT2D eigenvalue weighted by atomic mass is 10.1. The molecule has 0 unspecified atom stereocenters. The highest BCUT2D eigenvalue weighted by molar-refractivity contribution is 5.52. The van der Waals surface area contributed by atoms with Gasteiger partial charge in [-0.1, -0.05) is 54.3 Å². The molecule has 2 aromatic rings. The van der Waals surface area contributed by atoms with Gasteiger partial charge in [-0.25, -0.2) is 0 Å². The topological polar surface area (TPSA) is 9.23 Å². The molecule has 19 heavy (non-hydrogen) atoms. The minimum absolute atomic E-state index is 0.753. The van der Waals surface area contributed by atoms with Gasteiger partial charge in [-0.2, -0.15) is 0 Å². The number of methoxy groups -OCH3 is 1. The van der Waals surface area contributed by atoms with Gasteiger partial charge in [0.2, 0.25) is 0 Å². The van der Waals surface area contributed by atoms with Crippen LogP contribution in [0.3, 0.4) is 0 Å². The smallest absolute Gasteiger partial charge is 0.118 e. The molecule has 0 atom stereocenters. The van der Waals surface area contributed by atoms with Crippen LogP contribution in [-0.2, 0) is 6.42 Å². The number of hydrogen-bond donors (Lipinski definition) is 0. The lowest BCUT2D eigenvalue weighted by molar-refractivity contribution is 0.414. The quantitative estimate of drug-likeness (QED) is 0.747. The SMILES string of the molecule is COc1ccc(CC#CC=Cc2ccccc2)cc1. The van der Waals surface area contributed by atoms with E-state index in [0.29, 0.717) is 0 Å². The van der Waals surface area contributed by atoms with Crippen LogP contribution < -0.4 is 4.74 Å². The molecule has 0 saturated heterocycles. The Morgan fingerprint density at radius 3 is 2.42 bits per heavy atom. The summed E-state index contributed by atoms with van der Waals surface area (Å²) in [7, 11) is 1.67. The summed E-state index contributed by atoms with van der Waals surface area (Å²) in [5, 5.41) is 0. The Labute approximate surface area is 114 Å². The van der Waals surface area contributed by atoms with Crippen LogP contribution in [0.5, 0.6) is 5.75 Å². The maximum Gasteiger partial charge on any atom is 0.118 e. The fourth-order valence-electron chi connectivity index (χ4n) is 1.66. The summed E-state index contributed by atoms with van der Waals surface area (Å²) in [5.41, 5.74) is 2.36. The van der Waals surface area contributed by atoms with Crippen molar-refractivity contribution < 1.29 is 4.74 Å². The maximum absolute atomic E-state index is 5.11. The van der Waals surface area contributed by atoms with Crippen LogP contribution in [0.2, 0.25) is 0 Å². The van der Waals surface area contributed by atoms with Crippen molar-refractivity contribution in [3.8, 4) is 17.6 Å². The van der Waals surface area contributed by atoms with Gasteiger partial charge in [-0.15, -0.1) is 0 Å². The lowest BCUT2D eigenvalue weighted by Crippen LogP contribution is -1.84. The predicted molar refractivity (Wildman–Crippen MR) is 80.0 cm³/mol. The molecule has 0 saturated carbocycles. The van der Waals surface area contributed by atoms with Crippen LogP contribution in [0.1, 0.15) is 11.1 Å². The standard InChI is InChI=1S/C18H16O/c1-19-18-14-12-17(13-15-18)11-7-3-6-10-16-8-4-2-5-9-16/h2,4-6,8-10,12-15H,11H2,1H3. The zero-order valence-electron chi connectivity index (χ0n) is 11.0. The van der Waals surface area contributed by atoms with E-state index in [2.05, 4.69) is 24.0 Å². The first-order chi connectivity index (χ1) is 9.38. The number of allylic oxidation sites excluding steroid dienone is 1.